The summed E-state index contributed by atoms with van der Waals surface area (Å²) in [6.45, 7) is 5.01. The molecule has 0 bridgehead atoms. The van der Waals surface area contributed by atoms with E-state index in [1.807, 2.05) is 62.4 Å². The molecule has 43 heavy (non-hydrogen) atoms. The summed E-state index contributed by atoms with van der Waals surface area (Å²) in [5.74, 6) is -0.939. The zero-order chi connectivity index (χ0) is 30.6. The monoisotopic (exact) mass is 584 g/mol. The van der Waals surface area contributed by atoms with Crippen molar-refractivity contribution >= 4 is 22.5 Å². The van der Waals surface area contributed by atoms with Crippen LogP contribution in [0.15, 0.2) is 85.3 Å². The lowest BCUT2D eigenvalue weighted by atomic mass is 9.89. The molecule has 0 saturated heterocycles. The molecular formula is C35H44N4O4. The third-order valence-electron chi connectivity index (χ3n) is 7.74. The summed E-state index contributed by atoms with van der Waals surface area (Å²) in [5.41, 5.74) is 9.13. The minimum absolute atomic E-state index is 0.119. The molecule has 5 N–H and O–H groups in total. The Bertz CT molecular complexity index is 1420. The van der Waals surface area contributed by atoms with E-state index >= 15 is 0 Å². The lowest BCUT2D eigenvalue weighted by Crippen LogP contribution is -2.53. The highest BCUT2D eigenvalue weighted by atomic mass is 16.5. The van der Waals surface area contributed by atoms with Gasteiger partial charge >= 0.3 is 0 Å². The first-order valence-corrected chi connectivity index (χ1v) is 15.1. The molecule has 1 aromatic heterocycles. The smallest absolute Gasteiger partial charge is 0.224 e. The van der Waals surface area contributed by atoms with E-state index < -0.39 is 24.0 Å². The summed E-state index contributed by atoms with van der Waals surface area (Å²) in [6, 6.07) is 22.6. The van der Waals surface area contributed by atoms with Gasteiger partial charge in [0.1, 0.15) is 6.10 Å². The molecule has 0 aliphatic rings. The van der Waals surface area contributed by atoms with Crippen LogP contribution in [0.2, 0.25) is 0 Å². The average Bonchev–Trinajstić information content (AvgIpc) is 3.52. The van der Waals surface area contributed by atoms with Crippen LogP contribution >= 0.6 is 0 Å². The third-order valence-corrected chi connectivity index (χ3v) is 7.74. The summed E-state index contributed by atoms with van der Waals surface area (Å²) < 4.78 is 5.90. The van der Waals surface area contributed by atoms with Crippen molar-refractivity contribution in [2.45, 2.75) is 70.7 Å². The highest BCUT2D eigenvalue weighted by Gasteiger charge is 2.33. The van der Waals surface area contributed by atoms with E-state index in [1.165, 1.54) is 6.33 Å². The number of Topliss-reactive ketones (excluding diaryl/α,β-unsaturated/α-hetero) is 1. The number of aromatic amines is 1. The van der Waals surface area contributed by atoms with Crippen LogP contribution in [0.25, 0.3) is 10.8 Å². The Kier molecular flexibility index (Phi) is 12.0. The van der Waals surface area contributed by atoms with Gasteiger partial charge in [-0.1, -0.05) is 86.6 Å². The lowest BCUT2D eigenvalue weighted by Gasteiger charge is -2.27. The van der Waals surface area contributed by atoms with E-state index in [4.69, 9.17) is 10.5 Å². The number of aromatic nitrogens is 2. The molecule has 8 heteroatoms. The van der Waals surface area contributed by atoms with Crippen LogP contribution in [-0.4, -0.2) is 51.6 Å². The molecule has 1 heterocycles. The predicted molar refractivity (Wildman–Crippen MR) is 169 cm³/mol. The van der Waals surface area contributed by atoms with Gasteiger partial charge in [0.05, 0.1) is 19.0 Å². The number of carbonyl (C=O) groups is 2. The minimum atomic E-state index is -1.42. The van der Waals surface area contributed by atoms with Gasteiger partial charge in [-0.3, -0.25) is 9.59 Å². The summed E-state index contributed by atoms with van der Waals surface area (Å²) in [7, 11) is 0. The van der Waals surface area contributed by atoms with Crippen LogP contribution in [0.1, 0.15) is 49.9 Å². The van der Waals surface area contributed by atoms with Crippen molar-refractivity contribution in [1.29, 1.82) is 0 Å². The number of hydrogen-bond donors (Lipinski definition) is 4. The second kappa shape index (κ2) is 16.1. The fourth-order valence-electron chi connectivity index (χ4n) is 5.44. The van der Waals surface area contributed by atoms with Gasteiger partial charge in [-0.25, -0.2) is 4.98 Å². The van der Waals surface area contributed by atoms with Crippen molar-refractivity contribution in [3.05, 3.63) is 102 Å². The van der Waals surface area contributed by atoms with Crippen LogP contribution in [0.3, 0.4) is 0 Å². The lowest BCUT2D eigenvalue weighted by molar-refractivity contribution is -0.135. The second-order valence-electron chi connectivity index (χ2n) is 11.7. The number of carbonyl (C=O) groups excluding carboxylic acids is 2. The Hall–Kier alpha value is -3.85. The molecule has 3 aromatic carbocycles. The Morgan fingerprint density at radius 1 is 1.00 bits per heavy atom. The number of ether oxygens (including phenoxy) is 1. The number of rotatable bonds is 17. The van der Waals surface area contributed by atoms with Gasteiger partial charge in [0.25, 0.3) is 0 Å². The number of amides is 1. The normalized spacial score (nSPS) is 14.3. The topological polar surface area (TPSA) is 130 Å². The number of H-pyrrole nitrogens is 1. The fraction of sp³-hybridized carbons (Fsp3) is 0.400. The number of nitrogens with two attached hydrogens (primary N) is 1. The molecule has 0 fully saturated rings. The summed E-state index contributed by atoms with van der Waals surface area (Å²) in [6.07, 6.45) is 4.20. The SMILES string of the molecule is CC(C)C[C@H](NC(=O)C(CCCOCc1ccccc1)Cc1cccc2ccccc12)C(=O)C(O)[C@@H](N)Cc1cnc[nH]1. The number of hydrogen-bond acceptors (Lipinski definition) is 6. The van der Waals surface area contributed by atoms with Crippen molar-refractivity contribution < 1.29 is 19.4 Å². The number of nitrogens with zero attached hydrogens (tertiary/aromatic N) is 1. The highest BCUT2D eigenvalue weighted by Crippen LogP contribution is 2.24. The summed E-state index contributed by atoms with van der Waals surface area (Å²) in [4.78, 5) is 34.3. The first kappa shape index (κ1) is 32.1. The number of benzene rings is 3. The molecule has 228 valence electrons. The molecule has 0 spiro atoms. The van der Waals surface area contributed by atoms with Crippen LogP contribution in [-0.2, 0) is 33.8 Å². The molecular weight excluding hydrogens is 540 g/mol. The maximum atomic E-state index is 13.9. The van der Waals surface area contributed by atoms with Gasteiger partial charge < -0.3 is 25.9 Å². The van der Waals surface area contributed by atoms with Crippen molar-refractivity contribution in [1.82, 2.24) is 15.3 Å². The number of ketones is 1. The zero-order valence-corrected chi connectivity index (χ0v) is 25.1. The van der Waals surface area contributed by atoms with Crippen LogP contribution < -0.4 is 11.1 Å². The number of aliphatic hydroxyl groups excluding tert-OH is 1. The van der Waals surface area contributed by atoms with Gasteiger partial charge in [0.15, 0.2) is 5.78 Å². The van der Waals surface area contributed by atoms with Gasteiger partial charge in [-0.2, -0.15) is 0 Å². The van der Waals surface area contributed by atoms with Gasteiger partial charge in [0, 0.05) is 36.9 Å². The van der Waals surface area contributed by atoms with Crippen molar-refractivity contribution in [3.63, 3.8) is 0 Å². The highest BCUT2D eigenvalue weighted by molar-refractivity contribution is 5.93. The van der Waals surface area contributed by atoms with Crippen molar-refractivity contribution in [2.75, 3.05) is 6.61 Å². The van der Waals surface area contributed by atoms with E-state index in [-0.39, 0.29) is 24.2 Å². The molecule has 0 aliphatic carbocycles. The minimum Gasteiger partial charge on any atom is -0.384 e. The number of nitrogens with one attached hydrogen (secondary N) is 2. The molecule has 0 aliphatic heterocycles. The molecule has 8 nitrogen and oxygen atoms in total. The first-order chi connectivity index (χ1) is 20.8. The summed E-state index contributed by atoms with van der Waals surface area (Å²) >= 11 is 0. The van der Waals surface area contributed by atoms with Crippen LogP contribution in [0, 0.1) is 11.8 Å². The van der Waals surface area contributed by atoms with Crippen LogP contribution in [0.5, 0.6) is 0 Å². The molecule has 4 rings (SSSR count). The number of imidazole rings is 1. The number of aliphatic hydroxyl groups is 1. The fourth-order valence-corrected chi connectivity index (χ4v) is 5.44. The molecule has 0 radical (unpaired) electrons. The maximum Gasteiger partial charge on any atom is 0.224 e. The molecule has 1 amide bonds. The number of fused-ring (bicyclic) bond motifs is 1. The summed E-state index contributed by atoms with van der Waals surface area (Å²) in [5, 5.41) is 16.1. The zero-order valence-electron chi connectivity index (χ0n) is 25.1. The quantitative estimate of drug-likeness (QED) is 0.133. The molecule has 4 atom stereocenters. The Balaban J connectivity index is 1.46. The third kappa shape index (κ3) is 9.58. The second-order valence-corrected chi connectivity index (χ2v) is 11.7. The molecule has 4 aromatic rings. The van der Waals surface area contributed by atoms with Crippen molar-refractivity contribution in [3.8, 4) is 0 Å². The van der Waals surface area contributed by atoms with Crippen molar-refractivity contribution in [2.24, 2.45) is 17.6 Å². The Morgan fingerprint density at radius 3 is 2.49 bits per heavy atom. The van der Waals surface area contributed by atoms with E-state index in [0.29, 0.717) is 38.9 Å². The van der Waals surface area contributed by atoms with Gasteiger partial charge in [-0.15, -0.1) is 0 Å². The van der Waals surface area contributed by atoms with Gasteiger partial charge in [0.2, 0.25) is 5.91 Å². The Labute approximate surface area is 254 Å². The largest absolute Gasteiger partial charge is 0.384 e. The first-order valence-electron chi connectivity index (χ1n) is 15.1. The Morgan fingerprint density at radius 2 is 1.74 bits per heavy atom. The standard InChI is InChI=1S/C35H44N4O4/c1-24(2)18-32(34(41)33(40)31(36)20-29-21-37-23-38-29)39-35(42)28(15-9-17-43-22-25-10-4-3-5-11-25)19-27-14-8-13-26-12-6-7-16-30(26)27/h3-8,10-14,16,21,23-24,28,31-33,40H,9,15,17-20,22,36H2,1-2H3,(H,37,38)(H,39,42)/t28?,31-,32-,33?/m0/s1. The van der Waals surface area contributed by atoms with E-state index in [2.05, 4.69) is 39.6 Å². The maximum absolute atomic E-state index is 13.9. The molecule has 0 saturated carbocycles. The average molecular weight is 585 g/mol. The van der Waals surface area contributed by atoms with E-state index in [0.717, 1.165) is 27.6 Å². The predicted octanol–water partition coefficient (Wildman–Crippen LogP) is 4.75. The van der Waals surface area contributed by atoms with Crippen LogP contribution in [0.4, 0.5) is 0 Å². The van der Waals surface area contributed by atoms with E-state index in [1.54, 1.807) is 6.20 Å². The van der Waals surface area contributed by atoms with Gasteiger partial charge in [-0.05, 0) is 53.5 Å². The molecule has 2 unspecified atom stereocenters. The van der Waals surface area contributed by atoms with E-state index in [9.17, 15) is 14.7 Å².